The van der Waals surface area contributed by atoms with E-state index >= 15 is 0 Å². The molecule has 2 aromatic carbocycles. The van der Waals surface area contributed by atoms with Crippen molar-refractivity contribution in [2.24, 2.45) is 0 Å². The number of anilines is 2. The molecule has 1 saturated heterocycles. The van der Waals surface area contributed by atoms with Crippen molar-refractivity contribution in [3.63, 3.8) is 0 Å². The van der Waals surface area contributed by atoms with Gasteiger partial charge in [-0.1, -0.05) is 13.8 Å². The SMILES string of the molecule is CCN(CC)S(=O)(=O)c1ccc(N2CCCCC2)c(C(=O)Nc2ccc3[nH]c(=O)cc(C)c3c2)c1. The van der Waals surface area contributed by atoms with Gasteiger partial charge in [0.1, 0.15) is 0 Å². The lowest BCUT2D eigenvalue weighted by Crippen LogP contribution is -2.33. The van der Waals surface area contributed by atoms with Gasteiger partial charge in [-0.25, -0.2) is 8.42 Å². The van der Waals surface area contributed by atoms with Gasteiger partial charge in [0, 0.05) is 54.5 Å². The van der Waals surface area contributed by atoms with Gasteiger partial charge in [-0.15, -0.1) is 0 Å². The second-order valence-corrected chi connectivity index (χ2v) is 10.8. The Morgan fingerprint density at radius 2 is 1.74 bits per heavy atom. The van der Waals surface area contributed by atoms with Crippen molar-refractivity contribution in [3.05, 3.63) is 63.9 Å². The van der Waals surface area contributed by atoms with Crippen molar-refractivity contribution in [2.45, 2.75) is 44.9 Å². The zero-order valence-electron chi connectivity index (χ0n) is 20.4. The molecule has 0 unspecified atom stereocenters. The second-order valence-electron chi connectivity index (χ2n) is 8.85. The Labute approximate surface area is 206 Å². The van der Waals surface area contributed by atoms with E-state index in [9.17, 15) is 18.0 Å². The summed E-state index contributed by atoms with van der Waals surface area (Å²) in [5, 5.41) is 3.77. The van der Waals surface area contributed by atoms with E-state index in [2.05, 4.69) is 15.2 Å². The van der Waals surface area contributed by atoms with Gasteiger partial charge in [0.05, 0.1) is 10.5 Å². The summed E-state index contributed by atoms with van der Waals surface area (Å²) in [5.74, 6) is -0.372. The van der Waals surface area contributed by atoms with Crippen LogP contribution in [0.25, 0.3) is 10.9 Å². The highest BCUT2D eigenvalue weighted by molar-refractivity contribution is 7.89. The van der Waals surface area contributed by atoms with E-state index in [1.807, 2.05) is 13.0 Å². The lowest BCUT2D eigenvalue weighted by Gasteiger charge is -2.31. The summed E-state index contributed by atoms with van der Waals surface area (Å²) in [6, 6.07) is 11.7. The van der Waals surface area contributed by atoms with Crippen molar-refractivity contribution < 1.29 is 13.2 Å². The highest BCUT2D eigenvalue weighted by atomic mass is 32.2. The highest BCUT2D eigenvalue weighted by Gasteiger charge is 2.26. The first kappa shape index (κ1) is 24.9. The molecule has 9 heteroatoms. The topological polar surface area (TPSA) is 103 Å². The summed E-state index contributed by atoms with van der Waals surface area (Å²) in [4.78, 5) is 30.4. The van der Waals surface area contributed by atoms with Gasteiger partial charge in [-0.05, 0) is 68.1 Å². The smallest absolute Gasteiger partial charge is 0.257 e. The van der Waals surface area contributed by atoms with Gasteiger partial charge in [0.15, 0.2) is 0 Å². The van der Waals surface area contributed by atoms with E-state index in [4.69, 9.17) is 0 Å². The fourth-order valence-corrected chi connectivity index (χ4v) is 6.16. The minimum Gasteiger partial charge on any atom is -0.371 e. The molecule has 1 fully saturated rings. The summed E-state index contributed by atoms with van der Waals surface area (Å²) in [5.41, 5.74) is 2.96. The first-order valence-electron chi connectivity index (χ1n) is 12.1. The van der Waals surface area contributed by atoms with Crippen LogP contribution >= 0.6 is 0 Å². The zero-order chi connectivity index (χ0) is 25.2. The Morgan fingerprint density at radius 1 is 1.03 bits per heavy atom. The number of aromatic amines is 1. The molecule has 1 aliphatic heterocycles. The maximum Gasteiger partial charge on any atom is 0.257 e. The van der Waals surface area contributed by atoms with Crippen LogP contribution in [0.5, 0.6) is 0 Å². The molecule has 4 rings (SSSR count). The normalized spacial score (nSPS) is 14.5. The number of nitrogens with zero attached hydrogens (tertiary/aromatic N) is 2. The number of carbonyl (C=O) groups excluding carboxylic acids is 1. The van der Waals surface area contributed by atoms with Gasteiger partial charge in [-0.2, -0.15) is 4.31 Å². The van der Waals surface area contributed by atoms with Crippen molar-refractivity contribution >= 4 is 38.2 Å². The third-order valence-electron chi connectivity index (χ3n) is 6.56. The molecular weight excluding hydrogens is 464 g/mol. The number of sulfonamides is 1. The van der Waals surface area contributed by atoms with Crippen LogP contribution in [0.4, 0.5) is 11.4 Å². The molecule has 186 valence electrons. The average Bonchev–Trinajstić information content (AvgIpc) is 2.85. The van der Waals surface area contributed by atoms with E-state index in [1.165, 1.54) is 16.4 Å². The number of hydrogen-bond donors (Lipinski definition) is 2. The molecule has 0 atom stereocenters. The number of rotatable bonds is 7. The van der Waals surface area contributed by atoms with Crippen LogP contribution in [-0.2, 0) is 10.0 Å². The van der Waals surface area contributed by atoms with Crippen LogP contribution in [0.15, 0.2) is 52.2 Å². The second kappa shape index (κ2) is 10.2. The van der Waals surface area contributed by atoms with Crippen LogP contribution in [0.3, 0.4) is 0 Å². The third kappa shape index (κ3) is 5.11. The molecule has 2 heterocycles. The predicted octanol–water partition coefficient (Wildman–Crippen LogP) is 4.11. The minimum absolute atomic E-state index is 0.110. The molecule has 0 radical (unpaired) electrons. The Bertz CT molecular complexity index is 1400. The number of hydrogen-bond acceptors (Lipinski definition) is 5. The maximum absolute atomic E-state index is 13.5. The summed E-state index contributed by atoms with van der Waals surface area (Å²) >= 11 is 0. The highest BCUT2D eigenvalue weighted by Crippen LogP contribution is 2.29. The van der Waals surface area contributed by atoms with Crippen LogP contribution < -0.4 is 15.8 Å². The summed E-state index contributed by atoms with van der Waals surface area (Å²) in [6.45, 7) is 7.80. The van der Waals surface area contributed by atoms with E-state index in [0.717, 1.165) is 49.0 Å². The van der Waals surface area contributed by atoms with E-state index in [1.54, 1.807) is 38.1 Å². The Balaban J connectivity index is 1.74. The average molecular weight is 497 g/mol. The van der Waals surface area contributed by atoms with E-state index in [-0.39, 0.29) is 16.4 Å². The standard InChI is InChI=1S/C26H32N4O4S/c1-4-30(5-2)35(33,34)20-10-12-24(29-13-7-6-8-14-29)22(17-20)26(32)27-19-9-11-23-21(16-19)18(3)15-25(31)28-23/h9-12,15-17H,4-8,13-14H2,1-3H3,(H,27,32)(H,28,31). The third-order valence-corrected chi connectivity index (χ3v) is 8.61. The molecule has 0 bridgehead atoms. The molecule has 1 aromatic heterocycles. The molecular formula is C26H32N4O4S. The predicted molar refractivity (Wildman–Crippen MR) is 140 cm³/mol. The molecule has 1 aliphatic rings. The number of carbonyl (C=O) groups is 1. The molecule has 0 saturated carbocycles. The zero-order valence-corrected chi connectivity index (χ0v) is 21.2. The number of piperidine rings is 1. The summed E-state index contributed by atoms with van der Waals surface area (Å²) < 4.78 is 27.7. The number of aromatic nitrogens is 1. The first-order chi connectivity index (χ1) is 16.7. The quantitative estimate of drug-likeness (QED) is 0.513. The fraction of sp³-hybridized carbons (Fsp3) is 0.385. The van der Waals surface area contributed by atoms with Crippen LogP contribution in [-0.4, -0.2) is 49.8 Å². The van der Waals surface area contributed by atoms with Gasteiger partial charge in [0.2, 0.25) is 15.6 Å². The molecule has 8 nitrogen and oxygen atoms in total. The molecule has 3 aromatic rings. The number of amides is 1. The fourth-order valence-electron chi connectivity index (χ4n) is 4.68. The lowest BCUT2D eigenvalue weighted by molar-refractivity contribution is 0.102. The summed E-state index contributed by atoms with van der Waals surface area (Å²) in [7, 11) is -3.71. The largest absolute Gasteiger partial charge is 0.371 e. The van der Waals surface area contributed by atoms with Crippen LogP contribution in [0.2, 0.25) is 0 Å². The van der Waals surface area contributed by atoms with Crippen LogP contribution in [0, 0.1) is 6.92 Å². The van der Waals surface area contributed by atoms with Gasteiger partial charge >= 0.3 is 0 Å². The number of fused-ring (bicyclic) bond motifs is 1. The van der Waals surface area contributed by atoms with Crippen LogP contribution in [0.1, 0.15) is 49.0 Å². The molecule has 0 aliphatic carbocycles. The molecule has 35 heavy (non-hydrogen) atoms. The number of H-pyrrole nitrogens is 1. The van der Waals surface area contributed by atoms with Gasteiger partial charge in [-0.3, -0.25) is 9.59 Å². The van der Waals surface area contributed by atoms with E-state index < -0.39 is 10.0 Å². The van der Waals surface area contributed by atoms with Crippen molar-refractivity contribution in [3.8, 4) is 0 Å². The summed E-state index contributed by atoms with van der Waals surface area (Å²) in [6.07, 6.45) is 3.20. The van der Waals surface area contributed by atoms with Crippen molar-refractivity contribution in [2.75, 3.05) is 36.4 Å². The number of aryl methyl sites for hydroxylation is 1. The van der Waals surface area contributed by atoms with Gasteiger partial charge < -0.3 is 15.2 Å². The van der Waals surface area contributed by atoms with Gasteiger partial charge in [0.25, 0.3) is 5.91 Å². The van der Waals surface area contributed by atoms with Crippen molar-refractivity contribution in [1.29, 1.82) is 0 Å². The monoisotopic (exact) mass is 496 g/mol. The maximum atomic E-state index is 13.5. The Hall–Kier alpha value is -3.17. The molecule has 1 amide bonds. The van der Waals surface area contributed by atoms with Crippen molar-refractivity contribution in [1.82, 2.24) is 9.29 Å². The Morgan fingerprint density at radius 3 is 2.43 bits per heavy atom. The lowest BCUT2D eigenvalue weighted by atomic mass is 10.1. The molecule has 0 spiro atoms. The first-order valence-corrected chi connectivity index (χ1v) is 13.5. The number of benzene rings is 2. The number of pyridine rings is 1. The number of nitrogens with one attached hydrogen (secondary N) is 2. The minimum atomic E-state index is -3.71. The van der Waals surface area contributed by atoms with E-state index in [0.29, 0.717) is 29.9 Å². The molecule has 2 N–H and O–H groups in total. The Kier molecular flexibility index (Phi) is 7.28.